The maximum absolute atomic E-state index is 14.5. The molecule has 6 heteroatoms. The summed E-state index contributed by atoms with van der Waals surface area (Å²) >= 11 is 5.92. The molecule has 0 amide bonds. The number of halogens is 2. The number of pyridine rings is 1. The second kappa shape index (κ2) is 4.74. The molecule has 4 nitrogen and oxygen atoms in total. The molecule has 22 heavy (non-hydrogen) atoms. The van der Waals surface area contributed by atoms with Gasteiger partial charge in [-0.05, 0) is 30.7 Å². The fourth-order valence-electron chi connectivity index (χ4n) is 2.56. The van der Waals surface area contributed by atoms with Gasteiger partial charge in [-0.3, -0.25) is 4.98 Å². The Hall–Kier alpha value is -2.53. The van der Waals surface area contributed by atoms with Gasteiger partial charge in [-0.15, -0.1) is 0 Å². The Kier molecular flexibility index (Phi) is 2.84. The number of hydrogen-bond donors (Lipinski definition) is 0. The molecule has 3 aromatic heterocycles. The highest BCUT2D eigenvalue weighted by atomic mass is 35.5. The summed E-state index contributed by atoms with van der Waals surface area (Å²) in [5.41, 5.74) is 3.63. The zero-order valence-corrected chi connectivity index (χ0v) is 12.3. The number of rotatable bonds is 1. The zero-order chi connectivity index (χ0) is 15.3. The first-order valence-electron chi connectivity index (χ1n) is 6.68. The van der Waals surface area contributed by atoms with E-state index in [0.29, 0.717) is 22.1 Å². The predicted octanol–water partition coefficient (Wildman–Crippen LogP) is 4.05. The van der Waals surface area contributed by atoms with E-state index in [4.69, 9.17) is 11.6 Å². The van der Waals surface area contributed by atoms with Gasteiger partial charge in [0.25, 0.3) is 0 Å². The molecule has 3 heterocycles. The molecule has 4 rings (SSSR count). The van der Waals surface area contributed by atoms with Crippen LogP contribution in [0.1, 0.15) is 5.56 Å². The van der Waals surface area contributed by atoms with Crippen LogP contribution in [-0.4, -0.2) is 19.6 Å². The first-order chi connectivity index (χ1) is 10.6. The maximum Gasteiger partial charge on any atom is 0.162 e. The van der Waals surface area contributed by atoms with E-state index in [1.807, 2.05) is 13.1 Å². The summed E-state index contributed by atoms with van der Waals surface area (Å²) in [5.74, 6) is -0.478. The van der Waals surface area contributed by atoms with E-state index < -0.39 is 5.82 Å². The van der Waals surface area contributed by atoms with E-state index in [2.05, 4.69) is 15.1 Å². The monoisotopic (exact) mass is 312 g/mol. The number of benzene rings is 1. The van der Waals surface area contributed by atoms with Crippen LogP contribution in [0.15, 0.2) is 43.0 Å². The topological polar surface area (TPSA) is 43.1 Å². The van der Waals surface area contributed by atoms with Crippen molar-refractivity contribution in [2.24, 2.45) is 0 Å². The predicted molar refractivity (Wildman–Crippen MR) is 83.4 cm³/mol. The summed E-state index contributed by atoms with van der Waals surface area (Å²) in [4.78, 5) is 8.60. The fourth-order valence-corrected chi connectivity index (χ4v) is 2.72. The van der Waals surface area contributed by atoms with Crippen molar-refractivity contribution in [1.82, 2.24) is 19.6 Å². The van der Waals surface area contributed by atoms with E-state index in [1.165, 1.54) is 6.07 Å². The van der Waals surface area contributed by atoms with E-state index in [9.17, 15) is 4.39 Å². The second-order valence-electron chi connectivity index (χ2n) is 5.07. The average Bonchev–Trinajstić information content (AvgIpc) is 2.93. The largest absolute Gasteiger partial charge is 0.256 e. The molecule has 0 saturated heterocycles. The smallest absolute Gasteiger partial charge is 0.162 e. The van der Waals surface area contributed by atoms with Crippen LogP contribution < -0.4 is 0 Å². The Bertz CT molecular complexity index is 1030. The van der Waals surface area contributed by atoms with Crippen molar-refractivity contribution in [2.45, 2.75) is 6.92 Å². The molecule has 0 aliphatic heterocycles. The number of hydrogen-bond acceptors (Lipinski definition) is 3. The third-order valence-corrected chi connectivity index (χ3v) is 3.86. The van der Waals surface area contributed by atoms with Gasteiger partial charge in [0.05, 0.1) is 16.7 Å². The Labute approximate surface area is 130 Å². The van der Waals surface area contributed by atoms with Gasteiger partial charge in [-0.1, -0.05) is 11.6 Å². The van der Waals surface area contributed by atoms with Crippen molar-refractivity contribution >= 4 is 28.2 Å². The highest BCUT2D eigenvalue weighted by molar-refractivity contribution is 6.31. The van der Waals surface area contributed by atoms with E-state index >= 15 is 0 Å². The minimum atomic E-state index is -0.478. The minimum absolute atomic E-state index is 0.0713. The molecule has 0 atom stereocenters. The number of aryl methyl sites for hydroxylation is 1. The van der Waals surface area contributed by atoms with Crippen LogP contribution in [0, 0.1) is 12.7 Å². The molecule has 0 bridgehead atoms. The molecule has 0 radical (unpaired) electrons. The van der Waals surface area contributed by atoms with Crippen LogP contribution in [0.5, 0.6) is 0 Å². The summed E-state index contributed by atoms with van der Waals surface area (Å²) in [6.45, 7) is 1.94. The molecule has 0 fully saturated rings. The molecule has 0 aliphatic rings. The maximum atomic E-state index is 14.5. The van der Waals surface area contributed by atoms with Gasteiger partial charge in [0.15, 0.2) is 11.5 Å². The standard InChI is InChI=1S/C16H10ClFN4/c1-9-6-20-16-11(7-21-22(16)8-9)10-4-5-19-13-3-2-12(17)15(18)14(10)13/h2-8H,1H3. The quantitative estimate of drug-likeness (QED) is 0.532. The SMILES string of the molecule is Cc1cnc2c(-c3ccnc4ccc(Cl)c(F)c34)cnn2c1. The molecular weight excluding hydrogens is 303 g/mol. The Morgan fingerprint density at radius 3 is 2.82 bits per heavy atom. The number of aromatic nitrogens is 4. The van der Waals surface area contributed by atoms with Gasteiger partial charge in [0, 0.05) is 35.1 Å². The van der Waals surface area contributed by atoms with Crippen LogP contribution in [0.2, 0.25) is 5.02 Å². The van der Waals surface area contributed by atoms with Crippen molar-refractivity contribution in [2.75, 3.05) is 0 Å². The van der Waals surface area contributed by atoms with E-state index in [1.54, 1.807) is 35.2 Å². The van der Waals surface area contributed by atoms with Crippen molar-refractivity contribution in [1.29, 1.82) is 0 Å². The number of nitrogens with zero attached hydrogens (tertiary/aromatic N) is 4. The van der Waals surface area contributed by atoms with Crippen LogP contribution in [0.25, 0.3) is 27.7 Å². The summed E-state index contributed by atoms with van der Waals surface area (Å²) in [6.07, 6.45) is 6.95. The molecule has 0 N–H and O–H groups in total. The summed E-state index contributed by atoms with van der Waals surface area (Å²) in [7, 11) is 0. The van der Waals surface area contributed by atoms with Crippen molar-refractivity contribution in [3.8, 4) is 11.1 Å². The third kappa shape index (κ3) is 1.86. The van der Waals surface area contributed by atoms with Gasteiger partial charge in [-0.25, -0.2) is 13.9 Å². The highest BCUT2D eigenvalue weighted by Crippen LogP contribution is 2.33. The highest BCUT2D eigenvalue weighted by Gasteiger charge is 2.16. The van der Waals surface area contributed by atoms with Crippen molar-refractivity contribution in [3.63, 3.8) is 0 Å². The van der Waals surface area contributed by atoms with Crippen LogP contribution >= 0.6 is 11.6 Å². The summed E-state index contributed by atoms with van der Waals surface area (Å²) < 4.78 is 16.2. The lowest BCUT2D eigenvalue weighted by Crippen LogP contribution is -1.92. The Balaban J connectivity index is 2.10. The van der Waals surface area contributed by atoms with Gasteiger partial charge in [0.1, 0.15) is 0 Å². The van der Waals surface area contributed by atoms with Crippen molar-refractivity contribution in [3.05, 3.63) is 59.4 Å². The van der Waals surface area contributed by atoms with Crippen LogP contribution in [-0.2, 0) is 0 Å². The van der Waals surface area contributed by atoms with Crippen LogP contribution in [0.4, 0.5) is 4.39 Å². The number of fused-ring (bicyclic) bond motifs is 2. The van der Waals surface area contributed by atoms with Gasteiger partial charge < -0.3 is 0 Å². The average molecular weight is 313 g/mol. The molecule has 0 unspecified atom stereocenters. The zero-order valence-electron chi connectivity index (χ0n) is 11.6. The molecule has 0 aliphatic carbocycles. The molecule has 0 saturated carbocycles. The molecule has 108 valence electrons. The van der Waals surface area contributed by atoms with Gasteiger partial charge >= 0.3 is 0 Å². The summed E-state index contributed by atoms with van der Waals surface area (Å²) in [5, 5.41) is 4.75. The first kappa shape index (κ1) is 13.2. The second-order valence-corrected chi connectivity index (χ2v) is 5.48. The fraction of sp³-hybridized carbons (Fsp3) is 0.0625. The lowest BCUT2D eigenvalue weighted by Gasteiger charge is -2.07. The lowest BCUT2D eigenvalue weighted by molar-refractivity contribution is 0.640. The normalized spacial score (nSPS) is 11.4. The molecule has 4 aromatic rings. The first-order valence-corrected chi connectivity index (χ1v) is 7.06. The third-order valence-electron chi connectivity index (χ3n) is 3.57. The Morgan fingerprint density at radius 1 is 1.09 bits per heavy atom. The van der Waals surface area contributed by atoms with E-state index in [0.717, 1.165) is 11.1 Å². The van der Waals surface area contributed by atoms with E-state index in [-0.39, 0.29) is 5.02 Å². The molecule has 0 spiro atoms. The minimum Gasteiger partial charge on any atom is -0.256 e. The molecule has 1 aromatic carbocycles. The van der Waals surface area contributed by atoms with Gasteiger partial charge in [0.2, 0.25) is 0 Å². The van der Waals surface area contributed by atoms with Gasteiger partial charge in [-0.2, -0.15) is 5.10 Å². The summed E-state index contributed by atoms with van der Waals surface area (Å²) in [6, 6.07) is 4.96. The Morgan fingerprint density at radius 2 is 1.95 bits per heavy atom. The molecular formula is C16H10ClFN4. The van der Waals surface area contributed by atoms with Crippen molar-refractivity contribution < 1.29 is 4.39 Å². The lowest BCUT2D eigenvalue weighted by atomic mass is 10.0. The van der Waals surface area contributed by atoms with Crippen LogP contribution in [0.3, 0.4) is 0 Å².